The Kier molecular flexibility index (Phi) is 16.6. The Hall–Kier alpha value is -3.63. The van der Waals surface area contributed by atoms with Crippen molar-refractivity contribution in [3.63, 3.8) is 0 Å². The van der Waals surface area contributed by atoms with E-state index >= 15 is 0 Å². The van der Waals surface area contributed by atoms with Crippen LogP contribution in [0.25, 0.3) is 0 Å². The quantitative estimate of drug-likeness (QED) is 0.131. The Morgan fingerprint density at radius 3 is 2.00 bits per heavy atom. The molecule has 0 radical (unpaired) electrons. The van der Waals surface area contributed by atoms with Crippen LogP contribution in [-0.4, -0.2) is 48.9 Å². The summed E-state index contributed by atoms with van der Waals surface area (Å²) in [6.07, 6.45) is 3.08. The molecule has 0 spiro atoms. The second kappa shape index (κ2) is 19.0. The third-order valence-corrected chi connectivity index (χ3v) is 7.24. The number of rotatable bonds is 18. The van der Waals surface area contributed by atoms with Crippen LogP contribution in [0.4, 0.5) is 15.3 Å². The van der Waals surface area contributed by atoms with Gasteiger partial charge in [-0.1, -0.05) is 67.5 Å². The summed E-state index contributed by atoms with van der Waals surface area (Å²) in [5.41, 5.74) is 6.64. The van der Waals surface area contributed by atoms with Crippen molar-refractivity contribution in [1.29, 1.82) is 0 Å². The average molecular weight is 632 g/mol. The van der Waals surface area contributed by atoms with Crippen molar-refractivity contribution in [3.8, 4) is 0 Å². The van der Waals surface area contributed by atoms with Crippen LogP contribution in [0, 0.1) is 22.7 Å². The van der Waals surface area contributed by atoms with Gasteiger partial charge in [0.1, 0.15) is 6.61 Å². The highest BCUT2D eigenvalue weighted by Crippen LogP contribution is 2.22. The number of anilines is 1. The lowest BCUT2D eigenvalue weighted by molar-refractivity contribution is -0.131. The maximum Gasteiger partial charge on any atom is 0.407 e. The monoisotopic (exact) mass is 631 g/mol. The van der Waals surface area contributed by atoms with Crippen molar-refractivity contribution in [2.45, 2.75) is 113 Å². The molecule has 0 heterocycles. The third kappa shape index (κ3) is 18.7. The van der Waals surface area contributed by atoms with E-state index in [4.69, 9.17) is 10.5 Å². The molecular formula is C34H57N5O6. The van der Waals surface area contributed by atoms with Gasteiger partial charge in [0.25, 0.3) is 0 Å². The number of amides is 5. The van der Waals surface area contributed by atoms with Crippen LogP contribution in [0.5, 0.6) is 0 Å². The third-order valence-electron chi connectivity index (χ3n) is 7.24. The molecule has 11 heteroatoms. The van der Waals surface area contributed by atoms with Gasteiger partial charge in [0.2, 0.25) is 11.8 Å². The summed E-state index contributed by atoms with van der Waals surface area (Å²) in [7, 11) is 0. The molecule has 1 aromatic carbocycles. The Balaban J connectivity index is 2.80. The van der Waals surface area contributed by atoms with Crippen molar-refractivity contribution in [1.82, 2.24) is 16.0 Å². The van der Waals surface area contributed by atoms with Gasteiger partial charge in [-0.3, -0.25) is 14.4 Å². The van der Waals surface area contributed by atoms with Gasteiger partial charge >= 0.3 is 12.1 Å². The van der Waals surface area contributed by atoms with E-state index in [2.05, 4.69) is 62.8 Å². The first-order valence-corrected chi connectivity index (χ1v) is 16.0. The first kappa shape index (κ1) is 39.4. The standard InChI is InChI=1S/C34H57N5O6/c1-23(2)29(39-28(41)16-18-34(6,7)8)27(40)21-25(11-9-19-36-31(35)43)30(42)38-26-14-12-24(13-15-26)22-45-32(44)37-20-10-17-33(3,4)5/h12-15,23,25,29H,9-11,16-22H2,1-8H3,(H,37,44)(H,38,42)(H,39,41)(H3,35,36,43)/t25-,29+/m1/s1. The predicted octanol–water partition coefficient (Wildman–Crippen LogP) is 5.67. The fourth-order valence-electron chi connectivity index (χ4n) is 4.55. The number of benzene rings is 1. The summed E-state index contributed by atoms with van der Waals surface area (Å²) >= 11 is 0. The van der Waals surface area contributed by atoms with E-state index in [9.17, 15) is 24.0 Å². The smallest absolute Gasteiger partial charge is 0.407 e. The molecule has 0 aliphatic carbocycles. The number of carbonyl (C=O) groups excluding carboxylic acids is 5. The molecule has 0 aliphatic heterocycles. The van der Waals surface area contributed by atoms with Crippen LogP contribution < -0.4 is 27.0 Å². The fourth-order valence-corrected chi connectivity index (χ4v) is 4.55. The molecule has 0 unspecified atom stereocenters. The molecular weight excluding hydrogens is 574 g/mol. The highest BCUT2D eigenvalue weighted by Gasteiger charge is 2.29. The van der Waals surface area contributed by atoms with E-state index in [0.717, 1.165) is 18.4 Å². The first-order chi connectivity index (χ1) is 20.9. The van der Waals surface area contributed by atoms with Gasteiger partial charge in [0.05, 0.1) is 6.04 Å². The lowest BCUT2D eigenvalue weighted by Gasteiger charge is -2.25. The summed E-state index contributed by atoms with van der Waals surface area (Å²) in [6, 6.07) is 5.54. The van der Waals surface area contributed by atoms with Gasteiger partial charge in [-0.15, -0.1) is 0 Å². The normalized spacial score (nSPS) is 13.0. The van der Waals surface area contributed by atoms with Crippen LogP contribution in [0.1, 0.15) is 106 Å². The van der Waals surface area contributed by atoms with E-state index < -0.39 is 24.1 Å². The lowest BCUT2D eigenvalue weighted by Crippen LogP contribution is -2.45. The zero-order valence-electron chi connectivity index (χ0n) is 28.6. The van der Waals surface area contributed by atoms with Gasteiger partial charge in [-0.25, -0.2) is 9.59 Å². The molecule has 2 atom stereocenters. The Labute approximate surface area is 269 Å². The minimum Gasteiger partial charge on any atom is -0.445 e. The molecule has 0 aliphatic rings. The molecule has 5 amide bonds. The van der Waals surface area contributed by atoms with Crippen LogP contribution in [0.3, 0.4) is 0 Å². The summed E-state index contributed by atoms with van der Waals surface area (Å²) in [5.74, 6) is -1.60. The second-order valence-corrected chi connectivity index (χ2v) is 14.5. The summed E-state index contributed by atoms with van der Waals surface area (Å²) in [6.45, 7) is 17.2. The number of nitrogens with one attached hydrogen (secondary N) is 4. The number of carbonyl (C=O) groups is 5. The number of nitrogens with two attached hydrogens (primary N) is 1. The van der Waals surface area contributed by atoms with Crippen molar-refractivity contribution in [3.05, 3.63) is 29.8 Å². The molecule has 1 aromatic rings. The maximum absolute atomic E-state index is 13.4. The van der Waals surface area contributed by atoms with Gasteiger partial charge in [-0.2, -0.15) is 0 Å². The van der Waals surface area contributed by atoms with Crippen molar-refractivity contribution in [2.24, 2.45) is 28.4 Å². The van der Waals surface area contributed by atoms with Crippen LogP contribution in [0.15, 0.2) is 24.3 Å². The second-order valence-electron chi connectivity index (χ2n) is 14.5. The number of primary amides is 1. The minimum atomic E-state index is -0.716. The molecule has 1 rings (SSSR count). The zero-order valence-corrected chi connectivity index (χ0v) is 28.6. The minimum absolute atomic E-state index is 0.0115. The van der Waals surface area contributed by atoms with E-state index in [1.165, 1.54) is 0 Å². The van der Waals surface area contributed by atoms with Gasteiger partial charge < -0.3 is 31.7 Å². The van der Waals surface area contributed by atoms with Crippen molar-refractivity contribution in [2.75, 3.05) is 18.4 Å². The molecule has 45 heavy (non-hydrogen) atoms. The number of hydrogen-bond donors (Lipinski definition) is 5. The number of ketones is 1. The zero-order chi connectivity index (χ0) is 34.2. The molecule has 0 saturated carbocycles. The van der Waals surface area contributed by atoms with Gasteiger partial charge in [0, 0.05) is 37.5 Å². The van der Waals surface area contributed by atoms with E-state index in [0.29, 0.717) is 37.9 Å². The summed E-state index contributed by atoms with van der Waals surface area (Å²) < 4.78 is 5.29. The highest BCUT2D eigenvalue weighted by molar-refractivity contribution is 5.97. The number of ether oxygens (including phenoxy) is 1. The van der Waals surface area contributed by atoms with Crippen LogP contribution in [-0.2, 0) is 25.7 Å². The molecule has 6 N–H and O–H groups in total. The Bertz CT molecular complexity index is 1110. The average Bonchev–Trinajstić information content (AvgIpc) is 2.92. The summed E-state index contributed by atoms with van der Waals surface area (Å²) in [5, 5.41) is 11.0. The van der Waals surface area contributed by atoms with Crippen molar-refractivity contribution < 1.29 is 28.7 Å². The number of alkyl carbamates (subject to hydrolysis) is 1. The number of urea groups is 1. The topological polar surface area (TPSA) is 169 Å². The van der Waals surface area contributed by atoms with Gasteiger partial charge in [0.15, 0.2) is 5.78 Å². The predicted molar refractivity (Wildman–Crippen MR) is 177 cm³/mol. The number of Topliss-reactive ketones (excluding diaryl/α,β-unsaturated/α-hetero) is 1. The Morgan fingerprint density at radius 2 is 1.44 bits per heavy atom. The fraction of sp³-hybridized carbons (Fsp3) is 0.676. The molecule has 11 nitrogen and oxygen atoms in total. The molecule has 254 valence electrons. The highest BCUT2D eigenvalue weighted by atomic mass is 16.5. The lowest BCUT2D eigenvalue weighted by atomic mass is 9.88. The van der Waals surface area contributed by atoms with Gasteiger partial charge in [-0.05, 0) is 66.5 Å². The first-order valence-electron chi connectivity index (χ1n) is 16.0. The van der Waals surface area contributed by atoms with Crippen molar-refractivity contribution >= 4 is 35.4 Å². The maximum atomic E-state index is 13.4. The molecule has 0 fully saturated rings. The molecule has 0 saturated heterocycles. The number of hydrogen-bond acceptors (Lipinski definition) is 6. The molecule has 0 bridgehead atoms. The summed E-state index contributed by atoms with van der Waals surface area (Å²) in [4.78, 5) is 62.5. The van der Waals surface area contributed by atoms with E-state index in [1.54, 1.807) is 24.3 Å². The van der Waals surface area contributed by atoms with Crippen LogP contribution >= 0.6 is 0 Å². The SMILES string of the molecule is CC(C)[C@H](NC(=O)CCC(C)(C)C)C(=O)C[C@@H](CCCNC(N)=O)C(=O)Nc1ccc(COC(=O)NCCCC(C)(C)C)cc1. The van der Waals surface area contributed by atoms with E-state index in [1.807, 2.05) is 13.8 Å². The van der Waals surface area contributed by atoms with E-state index in [-0.39, 0.29) is 53.9 Å². The largest absolute Gasteiger partial charge is 0.445 e. The Morgan fingerprint density at radius 1 is 0.844 bits per heavy atom. The van der Waals surface area contributed by atoms with Crippen LogP contribution in [0.2, 0.25) is 0 Å². The molecule has 0 aromatic heterocycles.